The summed E-state index contributed by atoms with van der Waals surface area (Å²) >= 11 is 0. The van der Waals surface area contributed by atoms with E-state index in [1.165, 1.54) is 0 Å². The minimum atomic E-state index is -0.0457. The summed E-state index contributed by atoms with van der Waals surface area (Å²) < 4.78 is 7.39. The summed E-state index contributed by atoms with van der Waals surface area (Å²) in [6.07, 6.45) is 3.79. The van der Waals surface area contributed by atoms with Gasteiger partial charge >= 0.3 is 0 Å². The zero-order valence-corrected chi connectivity index (χ0v) is 16.1. The Bertz CT molecular complexity index is 649. The average molecular weight is 362 g/mol. The number of carbonyl (C=O) groups excluding carboxylic acids is 2. The zero-order chi connectivity index (χ0) is 18.7. The average Bonchev–Trinajstić information content (AvgIpc) is 3.04. The molecule has 0 unspecified atom stereocenters. The van der Waals surface area contributed by atoms with Gasteiger partial charge in [-0.15, -0.1) is 0 Å². The third-order valence-corrected chi connectivity index (χ3v) is 5.23. The van der Waals surface area contributed by atoms with Gasteiger partial charge in [0.15, 0.2) is 0 Å². The van der Waals surface area contributed by atoms with Crippen LogP contribution in [-0.4, -0.2) is 64.0 Å². The number of fused-ring (bicyclic) bond motifs is 1. The topological polar surface area (TPSA) is 67.7 Å². The van der Waals surface area contributed by atoms with Gasteiger partial charge in [0.05, 0.1) is 31.4 Å². The van der Waals surface area contributed by atoms with Crippen LogP contribution in [0.5, 0.6) is 0 Å². The summed E-state index contributed by atoms with van der Waals surface area (Å²) in [6, 6.07) is -0.0457. The van der Waals surface area contributed by atoms with Gasteiger partial charge in [-0.05, 0) is 19.3 Å². The number of nitrogens with zero attached hydrogens (tertiary/aromatic N) is 4. The Kier molecular flexibility index (Phi) is 5.96. The van der Waals surface area contributed by atoms with Crippen molar-refractivity contribution in [2.45, 2.75) is 52.6 Å². The van der Waals surface area contributed by atoms with E-state index in [1.807, 2.05) is 22.9 Å². The van der Waals surface area contributed by atoms with Crippen LogP contribution in [0.25, 0.3) is 0 Å². The molecule has 0 N–H and O–H groups in total. The Morgan fingerprint density at radius 2 is 1.92 bits per heavy atom. The fraction of sp³-hybridized carbons (Fsp3) is 0.737. The van der Waals surface area contributed by atoms with Gasteiger partial charge in [-0.2, -0.15) is 0 Å². The first kappa shape index (κ1) is 18.9. The summed E-state index contributed by atoms with van der Waals surface area (Å²) in [4.78, 5) is 33.4. The SMILES string of the molecule is CC(C)CCC(=O)N1CCn2cc(CC(=O)N3CCOCC3)nc2[C@@H]1C. The third kappa shape index (κ3) is 4.26. The van der Waals surface area contributed by atoms with E-state index >= 15 is 0 Å². The largest absolute Gasteiger partial charge is 0.378 e. The molecule has 3 rings (SSSR count). The van der Waals surface area contributed by atoms with E-state index in [4.69, 9.17) is 4.74 Å². The molecule has 1 aromatic rings. The lowest BCUT2D eigenvalue weighted by molar-refractivity contribution is -0.135. The predicted molar refractivity (Wildman–Crippen MR) is 97.5 cm³/mol. The Balaban J connectivity index is 1.63. The van der Waals surface area contributed by atoms with Crippen molar-refractivity contribution >= 4 is 11.8 Å². The van der Waals surface area contributed by atoms with Crippen LogP contribution in [0.4, 0.5) is 0 Å². The quantitative estimate of drug-likeness (QED) is 0.798. The van der Waals surface area contributed by atoms with Crippen molar-refractivity contribution in [3.8, 4) is 0 Å². The van der Waals surface area contributed by atoms with Crippen LogP contribution in [0.1, 0.15) is 51.2 Å². The van der Waals surface area contributed by atoms with E-state index in [-0.39, 0.29) is 17.9 Å². The number of imidazole rings is 1. The lowest BCUT2D eigenvalue weighted by Crippen LogP contribution is -2.41. The van der Waals surface area contributed by atoms with Crippen LogP contribution >= 0.6 is 0 Å². The van der Waals surface area contributed by atoms with Crippen LogP contribution in [0.2, 0.25) is 0 Å². The van der Waals surface area contributed by atoms with Crippen LogP contribution in [0.3, 0.4) is 0 Å². The molecular weight excluding hydrogens is 332 g/mol. The van der Waals surface area contributed by atoms with Gasteiger partial charge in [0, 0.05) is 38.8 Å². The lowest BCUT2D eigenvalue weighted by Gasteiger charge is -2.34. The molecule has 1 saturated heterocycles. The molecule has 1 atom stereocenters. The minimum absolute atomic E-state index is 0.0457. The Morgan fingerprint density at radius 1 is 1.19 bits per heavy atom. The first-order valence-corrected chi connectivity index (χ1v) is 9.66. The lowest BCUT2D eigenvalue weighted by atomic mass is 10.1. The maximum Gasteiger partial charge on any atom is 0.228 e. The summed E-state index contributed by atoms with van der Waals surface area (Å²) in [6.45, 7) is 10.3. The fourth-order valence-electron chi connectivity index (χ4n) is 3.61. The Labute approximate surface area is 155 Å². The van der Waals surface area contributed by atoms with E-state index in [0.717, 1.165) is 24.5 Å². The highest BCUT2D eigenvalue weighted by Gasteiger charge is 2.30. The van der Waals surface area contributed by atoms with Gasteiger partial charge in [0.1, 0.15) is 5.82 Å². The Morgan fingerprint density at radius 3 is 2.62 bits per heavy atom. The fourth-order valence-corrected chi connectivity index (χ4v) is 3.61. The van der Waals surface area contributed by atoms with Crippen LogP contribution in [-0.2, 0) is 27.3 Å². The zero-order valence-electron chi connectivity index (χ0n) is 16.1. The van der Waals surface area contributed by atoms with Crippen molar-refractivity contribution < 1.29 is 14.3 Å². The molecule has 2 aliphatic heterocycles. The van der Waals surface area contributed by atoms with Crippen molar-refractivity contribution in [1.29, 1.82) is 0 Å². The van der Waals surface area contributed by atoms with Crippen molar-refractivity contribution in [3.05, 3.63) is 17.7 Å². The number of rotatable bonds is 5. The highest BCUT2D eigenvalue weighted by molar-refractivity contribution is 5.78. The molecule has 0 spiro atoms. The number of hydrogen-bond donors (Lipinski definition) is 0. The van der Waals surface area contributed by atoms with Crippen LogP contribution < -0.4 is 0 Å². The molecule has 7 nitrogen and oxygen atoms in total. The number of carbonyl (C=O) groups is 2. The highest BCUT2D eigenvalue weighted by atomic mass is 16.5. The molecule has 144 valence electrons. The minimum Gasteiger partial charge on any atom is -0.378 e. The second-order valence-electron chi connectivity index (χ2n) is 7.65. The van der Waals surface area contributed by atoms with Gasteiger partial charge < -0.3 is 19.1 Å². The first-order valence-electron chi connectivity index (χ1n) is 9.66. The molecule has 3 heterocycles. The second kappa shape index (κ2) is 8.20. The van der Waals surface area contributed by atoms with Crippen molar-refractivity contribution in [2.75, 3.05) is 32.8 Å². The van der Waals surface area contributed by atoms with Gasteiger partial charge in [-0.25, -0.2) is 4.98 Å². The predicted octanol–water partition coefficient (Wildman–Crippen LogP) is 1.62. The molecule has 1 aromatic heterocycles. The molecule has 0 radical (unpaired) electrons. The van der Waals surface area contributed by atoms with E-state index < -0.39 is 0 Å². The van der Waals surface area contributed by atoms with Gasteiger partial charge in [-0.1, -0.05) is 13.8 Å². The van der Waals surface area contributed by atoms with Gasteiger partial charge in [0.25, 0.3) is 0 Å². The van der Waals surface area contributed by atoms with E-state index in [9.17, 15) is 9.59 Å². The second-order valence-corrected chi connectivity index (χ2v) is 7.65. The molecule has 0 saturated carbocycles. The van der Waals surface area contributed by atoms with Crippen molar-refractivity contribution in [1.82, 2.24) is 19.4 Å². The third-order valence-electron chi connectivity index (χ3n) is 5.23. The Hall–Kier alpha value is -1.89. The summed E-state index contributed by atoms with van der Waals surface area (Å²) in [5.41, 5.74) is 0.792. The molecule has 0 bridgehead atoms. The normalized spacial score (nSPS) is 20.4. The molecule has 2 amide bonds. The van der Waals surface area contributed by atoms with E-state index in [0.29, 0.717) is 51.6 Å². The summed E-state index contributed by atoms with van der Waals surface area (Å²) in [7, 11) is 0. The summed E-state index contributed by atoms with van der Waals surface area (Å²) in [5, 5.41) is 0. The molecule has 7 heteroatoms. The number of amides is 2. The number of morpholine rings is 1. The standard InChI is InChI=1S/C19H30N4O3/c1-14(2)4-5-17(24)23-7-6-22-13-16(20-19(22)15(23)3)12-18(25)21-8-10-26-11-9-21/h13-15H,4-12H2,1-3H3/t15-/m0/s1. The molecular formula is C19H30N4O3. The summed E-state index contributed by atoms with van der Waals surface area (Å²) in [5.74, 6) is 1.71. The number of hydrogen-bond acceptors (Lipinski definition) is 4. The number of ether oxygens (including phenoxy) is 1. The molecule has 0 aliphatic carbocycles. The smallest absolute Gasteiger partial charge is 0.228 e. The van der Waals surface area contributed by atoms with E-state index in [2.05, 4.69) is 23.4 Å². The van der Waals surface area contributed by atoms with Gasteiger partial charge in [0.2, 0.25) is 11.8 Å². The maximum absolute atomic E-state index is 12.5. The molecule has 0 aromatic carbocycles. The molecule has 2 aliphatic rings. The maximum atomic E-state index is 12.5. The van der Waals surface area contributed by atoms with E-state index in [1.54, 1.807) is 0 Å². The molecule has 26 heavy (non-hydrogen) atoms. The van der Waals surface area contributed by atoms with Crippen molar-refractivity contribution in [2.24, 2.45) is 5.92 Å². The molecule has 1 fully saturated rings. The monoisotopic (exact) mass is 362 g/mol. The number of aromatic nitrogens is 2. The van der Waals surface area contributed by atoms with Crippen LogP contribution in [0.15, 0.2) is 6.20 Å². The van der Waals surface area contributed by atoms with Crippen LogP contribution in [0, 0.1) is 5.92 Å². The first-order chi connectivity index (χ1) is 12.5. The highest BCUT2D eigenvalue weighted by Crippen LogP contribution is 2.26. The van der Waals surface area contributed by atoms with Crippen molar-refractivity contribution in [3.63, 3.8) is 0 Å². The van der Waals surface area contributed by atoms with Gasteiger partial charge in [-0.3, -0.25) is 9.59 Å².